The van der Waals surface area contributed by atoms with Gasteiger partial charge in [-0.15, -0.1) is 11.8 Å². The predicted molar refractivity (Wildman–Crippen MR) is 51.0 cm³/mol. The number of pyridine rings is 1. The van der Waals surface area contributed by atoms with Crippen LogP contribution in [-0.4, -0.2) is 11.2 Å². The standard InChI is InChI=1S/C6H3Cl3FNS/c1-12-4-2(7)5(9)11-6(10)3(4)8/h1H3. The van der Waals surface area contributed by atoms with Gasteiger partial charge in [-0.2, -0.15) is 4.39 Å². The number of thioether (sulfide) groups is 1. The highest BCUT2D eigenvalue weighted by atomic mass is 35.5. The fourth-order valence-electron chi connectivity index (χ4n) is 0.647. The summed E-state index contributed by atoms with van der Waals surface area (Å²) < 4.78 is 12.8. The Morgan fingerprint density at radius 2 is 1.83 bits per heavy atom. The molecular weight excluding hydrogens is 243 g/mol. The minimum atomic E-state index is -0.796. The lowest BCUT2D eigenvalue weighted by atomic mass is 10.5. The molecular formula is C6H3Cl3FNS. The Bertz CT molecular complexity index is 292. The van der Waals surface area contributed by atoms with Gasteiger partial charge >= 0.3 is 0 Å². The summed E-state index contributed by atoms with van der Waals surface area (Å²) in [6.45, 7) is 0. The van der Waals surface area contributed by atoms with E-state index in [9.17, 15) is 4.39 Å². The first-order valence-electron chi connectivity index (χ1n) is 2.82. The molecule has 0 amide bonds. The molecule has 1 aromatic rings. The first-order chi connectivity index (χ1) is 5.57. The van der Waals surface area contributed by atoms with Gasteiger partial charge in [0, 0.05) is 0 Å². The lowest BCUT2D eigenvalue weighted by molar-refractivity contribution is 0.580. The van der Waals surface area contributed by atoms with Crippen LogP contribution in [0.25, 0.3) is 0 Å². The Kier molecular flexibility index (Phi) is 3.47. The highest BCUT2D eigenvalue weighted by Gasteiger charge is 2.15. The van der Waals surface area contributed by atoms with E-state index in [2.05, 4.69) is 4.98 Å². The number of hydrogen-bond donors (Lipinski definition) is 0. The largest absolute Gasteiger partial charge is 0.234 e. The van der Waals surface area contributed by atoms with Gasteiger partial charge < -0.3 is 0 Å². The second-order valence-corrected chi connectivity index (χ2v) is 3.79. The zero-order valence-corrected chi connectivity index (χ0v) is 8.95. The molecule has 0 aliphatic carbocycles. The smallest absolute Gasteiger partial charge is 0.205 e. The van der Waals surface area contributed by atoms with Crippen LogP contribution in [0.3, 0.4) is 0 Å². The average molecular weight is 247 g/mol. The summed E-state index contributed by atoms with van der Waals surface area (Å²) >= 11 is 18.0. The van der Waals surface area contributed by atoms with Crippen molar-refractivity contribution in [2.24, 2.45) is 0 Å². The van der Waals surface area contributed by atoms with Gasteiger partial charge in [0.25, 0.3) is 0 Å². The van der Waals surface area contributed by atoms with Crippen molar-refractivity contribution in [3.8, 4) is 0 Å². The summed E-state index contributed by atoms with van der Waals surface area (Å²) in [6, 6.07) is 0. The molecule has 0 aliphatic heterocycles. The molecule has 0 spiro atoms. The van der Waals surface area contributed by atoms with Crippen molar-refractivity contribution < 1.29 is 4.39 Å². The van der Waals surface area contributed by atoms with E-state index in [4.69, 9.17) is 34.8 Å². The lowest BCUT2D eigenvalue weighted by Crippen LogP contribution is -1.89. The van der Waals surface area contributed by atoms with Crippen LogP contribution in [0.2, 0.25) is 15.2 Å². The first kappa shape index (κ1) is 10.4. The second kappa shape index (κ2) is 4.01. The maximum Gasteiger partial charge on any atom is 0.234 e. The monoisotopic (exact) mass is 245 g/mol. The van der Waals surface area contributed by atoms with Crippen molar-refractivity contribution in [1.29, 1.82) is 0 Å². The van der Waals surface area contributed by atoms with Crippen molar-refractivity contribution in [2.75, 3.05) is 6.26 Å². The van der Waals surface area contributed by atoms with Crippen molar-refractivity contribution in [1.82, 2.24) is 4.98 Å². The highest BCUT2D eigenvalue weighted by Crippen LogP contribution is 2.37. The van der Waals surface area contributed by atoms with E-state index in [1.165, 1.54) is 11.8 Å². The van der Waals surface area contributed by atoms with Crippen LogP contribution in [0.15, 0.2) is 4.90 Å². The van der Waals surface area contributed by atoms with Gasteiger partial charge in [-0.25, -0.2) is 4.98 Å². The molecule has 0 aromatic carbocycles. The van der Waals surface area contributed by atoms with E-state index in [1.54, 1.807) is 6.26 Å². The molecule has 0 fully saturated rings. The maximum absolute atomic E-state index is 12.8. The van der Waals surface area contributed by atoms with E-state index in [-0.39, 0.29) is 15.2 Å². The number of hydrogen-bond acceptors (Lipinski definition) is 2. The Hall–Kier alpha value is 0.300. The van der Waals surface area contributed by atoms with E-state index < -0.39 is 5.95 Å². The molecule has 1 rings (SSSR count). The molecule has 12 heavy (non-hydrogen) atoms. The fourth-order valence-corrected chi connectivity index (χ4v) is 2.20. The van der Waals surface area contributed by atoms with Crippen molar-refractivity contribution in [2.45, 2.75) is 4.90 Å². The first-order valence-corrected chi connectivity index (χ1v) is 5.17. The molecule has 0 N–H and O–H groups in total. The molecule has 0 saturated carbocycles. The molecule has 1 nitrogen and oxygen atoms in total. The molecule has 0 saturated heterocycles. The number of rotatable bonds is 1. The topological polar surface area (TPSA) is 12.9 Å². The number of aromatic nitrogens is 1. The quantitative estimate of drug-likeness (QED) is 0.550. The minimum absolute atomic E-state index is 0.0667. The van der Waals surface area contributed by atoms with E-state index >= 15 is 0 Å². The fraction of sp³-hybridized carbons (Fsp3) is 0.167. The van der Waals surface area contributed by atoms with Crippen LogP contribution in [0.1, 0.15) is 0 Å². The lowest BCUT2D eigenvalue weighted by Gasteiger charge is -2.04. The molecule has 0 unspecified atom stereocenters. The number of halogens is 4. The zero-order chi connectivity index (χ0) is 9.30. The number of nitrogens with zero attached hydrogens (tertiary/aromatic N) is 1. The molecule has 0 atom stereocenters. The van der Waals surface area contributed by atoms with Gasteiger partial charge in [-0.3, -0.25) is 0 Å². The Balaban J connectivity index is 3.42. The molecule has 0 aliphatic rings. The Labute approximate surface area is 88.2 Å². The maximum atomic E-state index is 12.8. The summed E-state index contributed by atoms with van der Waals surface area (Å²) in [4.78, 5) is 3.72. The summed E-state index contributed by atoms with van der Waals surface area (Å²) in [6.07, 6.45) is 1.73. The third-order valence-corrected chi connectivity index (χ3v) is 3.29. The van der Waals surface area contributed by atoms with Crippen LogP contribution in [0.4, 0.5) is 4.39 Å². The molecule has 6 heteroatoms. The molecule has 0 bridgehead atoms. The van der Waals surface area contributed by atoms with E-state index in [0.717, 1.165) is 0 Å². The molecule has 66 valence electrons. The third-order valence-electron chi connectivity index (χ3n) is 1.16. The van der Waals surface area contributed by atoms with E-state index in [1.807, 2.05) is 0 Å². The zero-order valence-electron chi connectivity index (χ0n) is 5.87. The van der Waals surface area contributed by atoms with Crippen LogP contribution in [-0.2, 0) is 0 Å². The summed E-state index contributed by atoms with van der Waals surface area (Å²) in [7, 11) is 0. The van der Waals surface area contributed by atoms with Gasteiger partial charge in [0.05, 0.1) is 9.92 Å². The van der Waals surface area contributed by atoms with Crippen LogP contribution in [0, 0.1) is 5.95 Å². The van der Waals surface area contributed by atoms with Gasteiger partial charge in [0.15, 0.2) is 5.15 Å². The van der Waals surface area contributed by atoms with Crippen molar-refractivity contribution in [3.63, 3.8) is 0 Å². The van der Waals surface area contributed by atoms with Crippen LogP contribution < -0.4 is 0 Å². The van der Waals surface area contributed by atoms with Crippen molar-refractivity contribution >= 4 is 46.6 Å². The van der Waals surface area contributed by atoms with Crippen LogP contribution >= 0.6 is 46.6 Å². The Morgan fingerprint density at radius 1 is 1.25 bits per heavy atom. The summed E-state index contributed by atoms with van der Waals surface area (Å²) in [5.74, 6) is -0.796. The minimum Gasteiger partial charge on any atom is -0.205 e. The highest BCUT2D eigenvalue weighted by molar-refractivity contribution is 7.98. The van der Waals surface area contributed by atoms with E-state index in [0.29, 0.717) is 4.90 Å². The SMILES string of the molecule is CSc1c(Cl)c(F)nc(Cl)c1Cl. The van der Waals surface area contributed by atoms with Gasteiger partial charge in [-0.1, -0.05) is 34.8 Å². The van der Waals surface area contributed by atoms with Crippen LogP contribution in [0.5, 0.6) is 0 Å². The van der Waals surface area contributed by atoms with Gasteiger partial charge in [0.2, 0.25) is 5.95 Å². The summed E-state index contributed by atoms with van der Waals surface area (Å²) in [5.41, 5.74) is 0. The average Bonchev–Trinajstić information content (AvgIpc) is 2.02. The van der Waals surface area contributed by atoms with Gasteiger partial charge in [0.1, 0.15) is 5.02 Å². The van der Waals surface area contributed by atoms with Gasteiger partial charge in [-0.05, 0) is 6.26 Å². The Morgan fingerprint density at radius 3 is 2.33 bits per heavy atom. The molecule has 1 heterocycles. The second-order valence-electron chi connectivity index (χ2n) is 1.85. The summed E-state index contributed by atoms with van der Waals surface area (Å²) in [5, 5.41) is 0.0374. The third kappa shape index (κ3) is 1.79. The normalized spacial score (nSPS) is 10.4. The molecule has 1 aromatic heterocycles. The molecule has 0 radical (unpaired) electrons. The van der Waals surface area contributed by atoms with Crippen molar-refractivity contribution in [3.05, 3.63) is 21.1 Å². The predicted octanol–water partition coefficient (Wildman–Crippen LogP) is 3.90.